The number of nitrogens with zero attached hydrogens (tertiary/aromatic N) is 1. The van der Waals surface area contributed by atoms with Crippen LogP contribution in [0.4, 0.5) is 5.69 Å². The highest BCUT2D eigenvalue weighted by molar-refractivity contribution is 5.92. The van der Waals surface area contributed by atoms with Crippen LogP contribution in [0, 0.1) is 0 Å². The number of rotatable bonds is 10. The molecule has 0 fully saturated rings. The first-order valence-corrected chi connectivity index (χ1v) is 8.57. The van der Waals surface area contributed by atoms with Crippen molar-refractivity contribution in [3.63, 3.8) is 0 Å². The minimum absolute atomic E-state index is 0.00934. The lowest BCUT2D eigenvalue weighted by Crippen LogP contribution is -2.31. The average molecular weight is 341 g/mol. The molecular formula is C20H27N3O2. The maximum atomic E-state index is 12.1. The molecule has 0 bridgehead atoms. The molecule has 0 radical (unpaired) electrons. The van der Waals surface area contributed by atoms with Crippen molar-refractivity contribution < 1.29 is 9.53 Å². The van der Waals surface area contributed by atoms with Crippen LogP contribution in [0.1, 0.15) is 12.0 Å². The first-order valence-electron chi connectivity index (χ1n) is 8.57. The summed E-state index contributed by atoms with van der Waals surface area (Å²) in [5.74, 6) is 0.774. The molecule has 0 atom stereocenters. The van der Waals surface area contributed by atoms with Crippen molar-refractivity contribution >= 4 is 11.6 Å². The Kier molecular flexibility index (Phi) is 7.95. The normalized spacial score (nSPS) is 10.7. The number of anilines is 1. The Bertz CT molecular complexity index is 629. The minimum Gasteiger partial charge on any atom is -0.489 e. The smallest absolute Gasteiger partial charge is 0.238 e. The van der Waals surface area contributed by atoms with Crippen LogP contribution < -0.4 is 15.4 Å². The fourth-order valence-electron chi connectivity index (χ4n) is 2.43. The number of nitrogens with one attached hydrogen (secondary N) is 2. The lowest BCUT2D eigenvalue weighted by atomic mass is 10.2. The second-order valence-electron chi connectivity index (χ2n) is 6.04. The van der Waals surface area contributed by atoms with Crippen molar-refractivity contribution in [3.8, 4) is 5.75 Å². The maximum Gasteiger partial charge on any atom is 0.238 e. The lowest BCUT2D eigenvalue weighted by Gasteiger charge is -2.16. The van der Waals surface area contributed by atoms with Gasteiger partial charge in [-0.05, 0) is 63.4 Å². The van der Waals surface area contributed by atoms with E-state index in [1.165, 1.54) is 0 Å². The van der Waals surface area contributed by atoms with Crippen molar-refractivity contribution in [3.05, 3.63) is 60.2 Å². The second-order valence-corrected chi connectivity index (χ2v) is 6.04. The van der Waals surface area contributed by atoms with Gasteiger partial charge in [-0.3, -0.25) is 9.69 Å². The number of ether oxygens (including phenoxy) is 1. The Hall–Kier alpha value is -2.37. The first kappa shape index (κ1) is 19.0. The monoisotopic (exact) mass is 341 g/mol. The Balaban J connectivity index is 1.74. The zero-order valence-corrected chi connectivity index (χ0v) is 15.0. The Morgan fingerprint density at radius 3 is 2.48 bits per heavy atom. The van der Waals surface area contributed by atoms with E-state index in [2.05, 4.69) is 10.6 Å². The van der Waals surface area contributed by atoms with Gasteiger partial charge in [0.1, 0.15) is 12.4 Å². The van der Waals surface area contributed by atoms with Gasteiger partial charge in [-0.1, -0.05) is 30.3 Å². The van der Waals surface area contributed by atoms with E-state index in [0.717, 1.165) is 36.5 Å². The molecule has 0 aliphatic heterocycles. The molecule has 25 heavy (non-hydrogen) atoms. The van der Waals surface area contributed by atoms with Crippen LogP contribution in [0.25, 0.3) is 0 Å². The lowest BCUT2D eigenvalue weighted by molar-refractivity contribution is -0.117. The van der Waals surface area contributed by atoms with Gasteiger partial charge >= 0.3 is 0 Å². The third kappa shape index (κ3) is 7.37. The van der Waals surface area contributed by atoms with Gasteiger partial charge in [0.2, 0.25) is 5.91 Å². The predicted molar refractivity (Wildman–Crippen MR) is 102 cm³/mol. The molecule has 134 valence electrons. The Morgan fingerprint density at radius 2 is 1.80 bits per heavy atom. The highest BCUT2D eigenvalue weighted by atomic mass is 16.5. The first-order chi connectivity index (χ1) is 12.2. The number of carbonyl (C=O) groups excluding carboxylic acids is 1. The molecule has 2 aromatic carbocycles. The molecule has 0 aliphatic carbocycles. The Morgan fingerprint density at radius 1 is 1.08 bits per heavy atom. The quantitative estimate of drug-likeness (QED) is 0.653. The van der Waals surface area contributed by atoms with E-state index in [-0.39, 0.29) is 5.91 Å². The highest BCUT2D eigenvalue weighted by Crippen LogP contribution is 2.17. The Labute approximate surface area is 150 Å². The standard InChI is InChI=1S/C20H27N3O2/c1-21-13-6-14-23(2)15-20(24)22-18-9-11-19(12-10-18)25-16-17-7-4-3-5-8-17/h3-5,7-12,21H,6,13-16H2,1-2H3,(H,22,24). The van der Waals surface area contributed by atoms with Crippen molar-refractivity contribution in [2.24, 2.45) is 0 Å². The molecule has 0 saturated heterocycles. The van der Waals surface area contributed by atoms with E-state index in [4.69, 9.17) is 4.74 Å². The van der Waals surface area contributed by atoms with Gasteiger partial charge in [0, 0.05) is 5.69 Å². The van der Waals surface area contributed by atoms with Crippen LogP contribution in [0.3, 0.4) is 0 Å². The van der Waals surface area contributed by atoms with E-state index in [9.17, 15) is 4.79 Å². The summed E-state index contributed by atoms with van der Waals surface area (Å²) in [5, 5.41) is 6.02. The van der Waals surface area contributed by atoms with Crippen LogP contribution in [0.5, 0.6) is 5.75 Å². The summed E-state index contributed by atoms with van der Waals surface area (Å²) in [6.07, 6.45) is 1.02. The van der Waals surface area contributed by atoms with Gasteiger partial charge in [-0.2, -0.15) is 0 Å². The summed E-state index contributed by atoms with van der Waals surface area (Å²) >= 11 is 0. The molecule has 2 N–H and O–H groups in total. The van der Waals surface area contributed by atoms with Crippen molar-refractivity contribution in [2.75, 3.05) is 39.0 Å². The summed E-state index contributed by atoms with van der Waals surface area (Å²) < 4.78 is 5.74. The van der Waals surface area contributed by atoms with Crippen molar-refractivity contribution in [1.82, 2.24) is 10.2 Å². The van der Waals surface area contributed by atoms with E-state index in [0.29, 0.717) is 13.2 Å². The predicted octanol–water partition coefficient (Wildman–Crippen LogP) is 2.75. The molecule has 5 nitrogen and oxygen atoms in total. The van der Waals surface area contributed by atoms with Crippen LogP contribution in [-0.2, 0) is 11.4 Å². The van der Waals surface area contributed by atoms with Crippen molar-refractivity contribution in [2.45, 2.75) is 13.0 Å². The molecule has 2 aromatic rings. The number of hydrogen-bond donors (Lipinski definition) is 2. The second kappa shape index (κ2) is 10.5. The third-order valence-corrected chi connectivity index (χ3v) is 3.77. The van der Waals surface area contributed by atoms with Crippen LogP contribution in [-0.4, -0.2) is 44.5 Å². The summed E-state index contributed by atoms with van der Waals surface area (Å²) in [7, 11) is 3.88. The van der Waals surface area contributed by atoms with Crippen LogP contribution >= 0.6 is 0 Å². The molecule has 0 unspecified atom stereocenters. The van der Waals surface area contributed by atoms with Gasteiger partial charge in [0.05, 0.1) is 6.54 Å². The van der Waals surface area contributed by atoms with E-state index >= 15 is 0 Å². The number of likely N-dealkylation sites (N-methyl/N-ethyl adjacent to an activating group) is 1. The molecule has 0 aromatic heterocycles. The molecule has 5 heteroatoms. The summed E-state index contributed by atoms with van der Waals surface area (Å²) in [4.78, 5) is 14.1. The molecular weight excluding hydrogens is 314 g/mol. The van der Waals surface area contributed by atoms with Gasteiger partial charge in [-0.25, -0.2) is 0 Å². The fourth-order valence-corrected chi connectivity index (χ4v) is 2.43. The topological polar surface area (TPSA) is 53.6 Å². The number of benzene rings is 2. The van der Waals surface area contributed by atoms with Crippen LogP contribution in [0.15, 0.2) is 54.6 Å². The van der Waals surface area contributed by atoms with Gasteiger partial charge < -0.3 is 15.4 Å². The minimum atomic E-state index is -0.00934. The number of hydrogen-bond acceptors (Lipinski definition) is 4. The fraction of sp³-hybridized carbons (Fsp3) is 0.350. The van der Waals surface area contributed by atoms with Gasteiger partial charge in [-0.15, -0.1) is 0 Å². The largest absolute Gasteiger partial charge is 0.489 e. The molecule has 0 saturated carbocycles. The molecule has 0 spiro atoms. The van der Waals surface area contributed by atoms with Gasteiger partial charge in [0.25, 0.3) is 0 Å². The molecule has 2 rings (SSSR count). The molecule has 0 aliphatic rings. The van der Waals surface area contributed by atoms with Crippen molar-refractivity contribution in [1.29, 1.82) is 0 Å². The SMILES string of the molecule is CNCCCN(C)CC(=O)Nc1ccc(OCc2ccccc2)cc1. The molecule has 0 heterocycles. The maximum absolute atomic E-state index is 12.1. The van der Waals surface area contributed by atoms with Gasteiger partial charge in [0.15, 0.2) is 0 Å². The zero-order chi connectivity index (χ0) is 17.9. The number of amides is 1. The highest BCUT2D eigenvalue weighted by Gasteiger charge is 2.07. The average Bonchev–Trinajstić information content (AvgIpc) is 2.62. The molecule has 1 amide bonds. The number of carbonyl (C=O) groups is 1. The van der Waals surface area contributed by atoms with E-state index in [1.807, 2.05) is 73.6 Å². The summed E-state index contributed by atoms with van der Waals surface area (Å²) in [5.41, 5.74) is 1.90. The third-order valence-electron chi connectivity index (χ3n) is 3.77. The van der Waals surface area contributed by atoms with Crippen LogP contribution in [0.2, 0.25) is 0 Å². The van der Waals surface area contributed by atoms with E-state index < -0.39 is 0 Å². The summed E-state index contributed by atoms with van der Waals surface area (Å²) in [6, 6.07) is 17.5. The van der Waals surface area contributed by atoms with E-state index in [1.54, 1.807) is 0 Å². The summed E-state index contributed by atoms with van der Waals surface area (Å²) in [6.45, 7) is 2.76. The zero-order valence-electron chi connectivity index (χ0n) is 15.0.